The number of hydrogen-bond donors (Lipinski definition) is 0. The number of rotatable bonds is 4. The molecule has 3 heterocycles. The second-order valence-corrected chi connectivity index (χ2v) is 26.6. The van der Waals surface area contributed by atoms with Gasteiger partial charge in [0.2, 0.25) is 0 Å². The zero-order valence-electron chi connectivity index (χ0n) is 46.5. The maximum absolute atomic E-state index is 2.79. The van der Waals surface area contributed by atoms with Gasteiger partial charge in [-0.05, 0) is 169 Å². The number of fused-ring (bicyclic) bond motifs is 9. The van der Waals surface area contributed by atoms with Gasteiger partial charge in [-0.15, -0.1) is 0 Å². The van der Waals surface area contributed by atoms with Gasteiger partial charge in [-0.25, -0.2) is 0 Å². The normalized spacial score (nSPS) is 18.8. The first kappa shape index (κ1) is 48.2. The van der Waals surface area contributed by atoms with Crippen LogP contribution in [-0.4, -0.2) is 6.71 Å². The molecule has 0 amide bonds. The smallest absolute Gasteiger partial charge is 0.252 e. The van der Waals surface area contributed by atoms with Crippen molar-refractivity contribution in [2.45, 2.75) is 142 Å². The van der Waals surface area contributed by atoms with Gasteiger partial charge in [0.15, 0.2) is 0 Å². The summed E-state index contributed by atoms with van der Waals surface area (Å²) in [6.07, 6.45) is 2.09. The minimum absolute atomic E-state index is 0.0123. The first-order valence-corrected chi connectivity index (χ1v) is 27.3. The largest absolute Gasteiger partial charge is 0.330 e. The van der Waals surface area contributed by atoms with Crippen molar-refractivity contribution in [1.29, 1.82) is 0 Å². The average Bonchev–Trinajstić information content (AvgIpc) is 3.64. The standard InChI is InChI=1S/C70H74BN3/c1-65(2,3)48-25-20-27-52(39-48)72-60-41-50(67(7,8)9)31-33-57(60)71-58-34-32-51(68(10,11)12)42-61(58)73(53-28-21-26-49(40-53)66(4,5)6)63-44-54(43-62(72)64(63)71)74-59-35-30-47(45-22-16-15-17-23-45)38-56(59)69(13)37-36-46-24-18-19-29-55(46)70(69,74)14/h15-35,38-44H,36-37H2,1-14H3. The number of hydrogen-bond acceptors (Lipinski definition) is 3. The molecule has 3 aliphatic heterocycles. The molecule has 0 aromatic heterocycles. The zero-order chi connectivity index (χ0) is 52.1. The van der Waals surface area contributed by atoms with Gasteiger partial charge in [-0.3, -0.25) is 0 Å². The highest BCUT2D eigenvalue weighted by Gasteiger charge is 2.60. The van der Waals surface area contributed by atoms with E-state index in [0.717, 1.165) is 12.8 Å². The summed E-state index contributed by atoms with van der Waals surface area (Å²) in [7, 11) is 0. The van der Waals surface area contributed by atoms with Gasteiger partial charge >= 0.3 is 0 Å². The summed E-state index contributed by atoms with van der Waals surface area (Å²) >= 11 is 0. The minimum atomic E-state index is -0.425. The van der Waals surface area contributed by atoms with Crippen LogP contribution >= 0.6 is 0 Å². The number of anilines is 8. The summed E-state index contributed by atoms with van der Waals surface area (Å²) in [5.74, 6) is 0. The van der Waals surface area contributed by atoms with E-state index < -0.39 is 5.54 Å². The fraction of sp³-hybridized carbons (Fsp3) is 0.314. The van der Waals surface area contributed by atoms with Crippen LogP contribution in [0.3, 0.4) is 0 Å². The summed E-state index contributed by atoms with van der Waals surface area (Å²) < 4.78 is 0. The van der Waals surface area contributed by atoms with Gasteiger partial charge in [0.25, 0.3) is 6.71 Å². The molecule has 4 aliphatic rings. The summed E-state index contributed by atoms with van der Waals surface area (Å²) in [6.45, 7) is 33.3. The lowest BCUT2D eigenvalue weighted by Crippen LogP contribution is -2.61. The maximum Gasteiger partial charge on any atom is 0.252 e. The van der Waals surface area contributed by atoms with Crippen molar-refractivity contribution in [1.82, 2.24) is 0 Å². The molecular formula is C70H74BN3. The monoisotopic (exact) mass is 968 g/mol. The van der Waals surface area contributed by atoms with Crippen LogP contribution in [0.1, 0.15) is 142 Å². The van der Waals surface area contributed by atoms with Crippen LogP contribution in [0.5, 0.6) is 0 Å². The van der Waals surface area contributed by atoms with E-state index in [2.05, 4.69) is 281 Å². The lowest BCUT2D eigenvalue weighted by Gasteiger charge is -2.52. The van der Waals surface area contributed by atoms with Gasteiger partial charge in [-0.2, -0.15) is 0 Å². The Morgan fingerprint density at radius 2 is 0.892 bits per heavy atom. The van der Waals surface area contributed by atoms with Gasteiger partial charge in [0.05, 0.1) is 5.54 Å². The molecule has 2 atom stereocenters. The van der Waals surface area contributed by atoms with Crippen LogP contribution in [0.4, 0.5) is 45.5 Å². The molecule has 8 aromatic rings. The molecule has 74 heavy (non-hydrogen) atoms. The van der Waals surface area contributed by atoms with E-state index in [4.69, 9.17) is 0 Å². The molecule has 3 nitrogen and oxygen atoms in total. The fourth-order valence-electron chi connectivity index (χ4n) is 13.3. The predicted molar refractivity (Wildman–Crippen MR) is 319 cm³/mol. The Balaban J connectivity index is 1.24. The molecule has 2 unspecified atom stereocenters. The van der Waals surface area contributed by atoms with Crippen LogP contribution < -0.4 is 31.1 Å². The summed E-state index contributed by atoms with van der Waals surface area (Å²) in [4.78, 5) is 8.10. The van der Waals surface area contributed by atoms with Crippen LogP contribution in [0.25, 0.3) is 11.1 Å². The fourth-order valence-corrected chi connectivity index (χ4v) is 13.3. The summed E-state index contributed by atoms with van der Waals surface area (Å²) in [5.41, 5.74) is 25.1. The van der Waals surface area contributed by atoms with Crippen molar-refractivity contribution in [2.75, 3.05) is 14.7 Å². The third-order valence-corrected chi connectivity index (χ3v) is 17.9. The van der Waals surface area contributed by atoms with Gasteiger partial charge in [-0.1, -0.05) is 199 Å². The Labute approximate surface area is 443 Å². The molecule has 0 saturated heterocycles. The van der Waals surface area contributed by atoms with E-state index in [1.165, 1.54) is 112 Å². The number of aryl methyl sites for hydroxylation is 1. The Morgan fingerprint density at radius 1 is 0.392 bits per heavy atom. The highest BCUT2D eigenvalue weighted by molar-refractivity contribution is 7.00. The molecule has 12 rings (SSSR count). The van der Waals surface area contributed by atoms with Crippen molar-refractivity contribution >= 4 is 68.6 Å². The van der Waals surface area contributed by atoms with Crippen molar-refractivity contribution in [2.24, 2.45) is 0 Å². The van der Waals surface area contributed by atoms with E-state index in [1.807, 2.05) is 0 Å². The van der Waals surface area contributed by atoms with Crippen molar-refractivity contribution < 1.29 is 0 Å². The third-order valence-electron chi connectivity index (χ3n) is 17.9. The highest BCUT2D eigenvalue weighted by Crippen LogP contribution is 2.65. The summed E-state index contributed by atoms with van der Waals surface area (Å²) in [6, 6.07) is 66.6. The van der Waals surface area contributed by atoms with Crippen LogP contribution in [0, 0.1) is 0 Å². The molecular weight excluding hydrogens is 894 g/mol. The van der Waals surface area contributed by atoms with E-state index in [1.54, 1.807) is 0 Å². The molecule has 8 aromatic carbocycles. The molecule has 0 bridgehead atoms. The lowest BCUT2D eigenvalue weighted by molar-refractivity contribution is 0.245. The first-order valence-electron chi connectivity index (χ1n) is 27.3. The van der Waals surface area contributed by atoms with Gasteiger partial charge in [0, 0.05) is 50.9 Å². The Hall–Kier alpha value is -6.78. The Morgan fingerprint density at radius 3 is 1.42 bits per heavy atom. The summed E-state index contributed by atoms with van der Waals surface area (Å²) in [5, 5.41) is 0. The van der Waals surface area contributed by atoms with E-state index in [-0.39, 0.29) is 33.8 Å². The highest BCUT2D eigenvalue weighted by atomic mass is 15.3. The molecule has 0 fully saturated rings. The number of nitrogens with zero attached hydrogens (tertiary/aromatic N) is 3. The number of benzene rings is 8. The Bertz CT molecular complexity index is 3410. The zero-order valence-corrected chi connectivity index (χ0v) is 46.5. The van der Waals surface area contributed by atoms with Crippen LogP contribution in [0.15, 0.2) is 170 Å². The minimum Gasteiger partial charge on any atom is -0.330 e. The van der Waals surface area contributed by atoms with E-state index >= 15 is 0 Å². The lowest BCUT2D eigenvalue weighted by atomic mass is 9.33. The molecule has 1 aliphatic carbocycles. The van der Waals surface area contributed by atoms with Crippen LogP contribution in [0.2, 0.25) is 0 Å². The molecule has 0 saturated carbocycles. The molecule has 372 valence electrons. The third kappa shape index (κ3) is 7.28. The quantitative estimate of drug-likeness (QED) is 0.163. The average molecular weight is 968 g/mol. The SMILES string of the molecule is CC(C)(C)c1cccc(N2c3cc(C(C)(C)C)ccc3B3c4ccc(C(C)(C)C)cc4N(c4cccc(C(C)(C)C)c4)c4cc(N5c6ccc(-c7ccccc7)cc6C6(C)CCc7ccccc7C56C)cc2c43)c1. The molecule has 0 N–H and O–H groups in total. The molecule has 4 heteroatoms. The van der Waals surface area contributed by atoms with Crippen molar-refractivity contribution in [3.63, 3.8) is 0 Å². The predicted octanol–water partition coefficient (Wildman–Crippen LogP) is 16.9. The van der Waals surface area contributed by atoms with Crippen LogP contribution in [-0.2, 0) is 39.0 Å². The molecule has 0 spiro atoms. The van der Waals surface area contributed by atoms with E-state index in [9.17, 15) is 0 Å². The van der Waals surface area contributed by atoms with Crippen molar-refractivity contribution in [3.8, 4) is 11.1 Å². The molecule has 0 radical (unpaired) electrons. The van der Waals surface area contributed by atoms with E-state index in [0.29, 0.717) is 0 Å². The van der Waals surface area contributed by atoms with Gasteiger partial charge in [0.1, 0.15) is 0 Å². The topological polar surface area (TPSA) is 9.72 Å². The second kappa shape index (κ2) is 16.4. The first-order chi connectivity index (χ1) is 35.0. The maximum atomic E-state index is 2.79. The van der Waals surface area contributed by atoms with Crippen molar-refractivity contribution in [3.05, 3.63) is 209 Å². The Kier molecular flexibility index (Phi) is 10.7. The second-order valence-electron chi connectivity index (χ2n) is 26.6. The van der Waals surface area contributed by atoms with Gasteiger partial charge < -0.3 is 14.7 Å².